The number of hydrogen-bond acceptors (Lipinski definition) is 0. The summed E-state index contributed by atoms with van der Waals surface area (Å²) < 4.78 is 9.65. The Labute approximate surface area is 328 Å². The van der Waals surface area contributed by atoms with Crippen molar-refractivity contribution in [3.8, 4) is 22.3 Å². The third-order valence-electron chi connectivity index (χ3n) is 15.3. The Balaban J connectivity index is 1.56. The second kappa shape index (κ2) is 14.1. The number of rotatable bonds is 16. The first-order valence-corrected chi connectivity index (χ1v) is 53.4. The molecule has 4 aromatic carbocycles. The second-order valence-electron chi connectivity index (χ2n) is 22.5. The third-order valence-corrected chi connectivity index (χ3v) is 75.9. The molecule has 0 saturated heterocycles. The Morgan fingerprint density at radius 3 is 1.20 bits per heavy atom. The zero-order chi connectivity index (χ0) is 39.1. The molecule has 0 fully saturated rings. The van der Waals surface area contributed by atoms with Gasteiger partial charge >= 0.3 is 331 Å². The van der Waals surface area contributed by atoms with Crippen molar-refractivity contribution in [1.29, 1.82) is 0 Å². The van der Waals surface area contributed by atoms with Gasteiger partial charge < -0.3 is 0 Å². The molecule has 2 unspecified atom stereocenters. The molecule has 2 aliphatic rings. The van der Waals surface area contributed by atoms with E-state index in [1.54, 1.807) is 11.1 Å². The summed E-state index contributed by atoms with van der Waals surface area (Å²) in [5.41, 5.74) is 11.7. The number of allylic oxidation sites excluding steroid dienone is 2. The van der Waals surface area contributed by atoms with Crippen molar-refractivity contribution in [2.75, 3.05) is 0 Å². The first-order chi connectivity index (χ1) is 25.3. The van der Waals surface area contributed by atoms with Crippen molar-refractivity contribution in [3.63, 3.8) is 0 Å². The molecule has 0 heterocycles. The van der Waals surface area contributed by atoms with Gasteiger partial charge in [-0.3, -0.25) is 0 Å². The SMILES string of the molecule is CCCCC[CH2][Hf]([CH3])([CH3])(=[SiH2])([CH2]CCCCC)([CH]1C=Cc2c(-c3ccc([Si](C)(C)C)cc3)cccc21)[CH]1C=Cc2c(-c3ccc([Si](C)(C)C)cc3)cccc21. The van der Waals surface area contributed by atoms with E-state index in [1.165, 1.54) is 103 Å². The molecular weight excluding hydrogens is 863 g/mol. The molecule has 2 atom stereocenters. The van der Waals surface area contributed by atoms with Crippen molar-refractivity contribution in [1.82, 2.24) is 0 Å². The second-order valence-corrected chi connectivity index (χ2v) is 110. The fourth-order valence-corrected chi connectivity index (χ4v) is 63.4. The van der Waals surface area contributed by atoms with Crippen LogP contribution in [0.4, 0.5) is 0 Å². The van der Waals surface area contributed by atoms with Crippen LogP contribution in [0.2, 0.25) is 57.0 Å². The van der Waals surface area contributed by atoms with Crippen molar-refractivity contribution >= 4 is 45.6 Å². The molecule has 4 aromatic rings. The number of hydrogen-bond donors (Lipinski definition) is 0. The van der Waals surface area contributed by atoms with E-state index in [-0.39, 0.29) is 0 Å². The van der Waals surface area contributed by atoms with E-state index in [1.807, 2.05) is 0 Å². The monoisotopic (exact) mass is 936 g/mol. The van der Waals surface area contributed by atoms with Gasteiger partial charge in [-0.15, -0.1) is 0 Å². The van der Waals surface area contributed by atoms with E-state index in [0.717, 1.165) is 0 Å². The van der Waals surface area contributed by atoms with E-state index < -0.39 is 30.3 Å². The molecule has 0 bridgehead atoms. The van der Waals surface area contributed by atoms with Gasteiger partial charge in [0.1, 0.15) is 0 Å². The van der Waals surface area contributed by atoms with Gasteiger partial charge in [0.25, 0.3) is 0 Å². The fourth-order valence-electron chi connectivity index (χ4n) is 11.5. The summed E-state index contributed by atoms with van der Waals surface area (Å²) in [7, 11) is -2.74. The van der Waals surface area contributed by atoms with Crippen LogP contribution in [0.1, 0.15) is 94.8 Å². The maximum absolute atomic E-state index is 5.21. The summed E-state index contributed by atoms with van der Waals surface area (Å²) in [5, 5.41) is 3.07. The minimum atomic E-state index is -5.21. The molecule has 0 spiro atoms. The summed E-state index contributed by atoms with van der Waals surface area (Å²) in [4.78, 5) is 0. The van der Waals surface area contributed by atoms with E-state index in [2.05, 4.69) is 179 Å². The van der Waals surface area contributed by atoms with E-state index >= 15 is 0 Å². The van der Waals surface area contributed by atoms with Crippen LogP contribution in [0.3, 0.4) is 0 Å². The molecule has 0 nitrogen and oxygen atoms in total. The van der Waals surface area contributed by atoms with Crippen molar-refractivity contribution in [2.45, 2.75) is 130 Å². The fraction of sp³-hybridized carbons (Fsp3) is 0.440. The molecule has 0 aromatic heterocycles. The van der Waals surface area contributed by atoms with Crippen molar-refractivity contribution < 1.29 is 14.2 Å². The van der Waals surface area contributed by atoms with Gasteiger partial charge in [-0.05, 0) is 0 Å². The van der Waals surface area contributed by atoms with E-state index in [9.17, 15) is 0 Å². The first-order valence-electron chi connectivity index (χ1n) is 21.7. The average Bonchev–Trinajstić information content (AvgIpc) is 3.79. The quantitative estimate of drug-likeness (QED) is 0.0776. The molecule has 0 saturated carbocycles. The van der Waals surface area contributed by atoms with E-state index in [4.69, 9.17) is 0 Å². The van der Waals surface area contributed by atoms with Gasteiger partial charge in [-0.25, -0.2) is 0 Å². The molecule has 0 radical (unpaired) electrons. The molecule has 4 heteroatoms. The van der Waals surface area contributed by atoms with Crippen LogP contribution in [0, 0.1) is 0 Å². The molecule has 288 valence electrons. The number of unbranched alkanes of at least 4 members (excludes halogenated alkanes) is 6. The van der Waals surface area contributed by atoms with Gasteiger partial charge in [0, 0.05) is 0 Å². The molecule has 0 aliphatic heterocycles. The summed E-state index contributed by atoms with van der Waals surface area (Å²) in [6.45, 7) is 22.1. The van der Waals surface area contributed by atoms with Crippen LogP contribution in [-0.2, 0) is 14.2 Å². The van der Waals surface area contributed by atoms with Gasteiger partial charge in [-0.2, -0.15) is 0 Å². The molecular formula is C50H72HfSi3. The number of fused-ring (bicyclic) bond motifs is 2. The Hall–Kier alpha value is -2.12. The van der Waals surface area contributed by atoms with E-state index in [0.29, 0.717) is 7.35 Å². The van der Waals surface area contributed by atoms with Gasteiger partial charge in [0.2, 0.25) is 0 Å². The predicted molar refractivity (Wildman–Crippen MR) is 251 cm³/mol. The van der Waals surface area contributed by atoms with Crippen LogP contribution in [-0.4, -0.2) is 23.1 Å². The topological polar surface area (TPSA) is 0 Å². The summed E-state index contributed by atoms with van der Waals surface area (Å²) >= 11 is -5.21. The van der Waals surface area contributed by atoms with Gasteiger partial charge in [-0.1, -0.05) is 0 Å². The van der Waals surface area contributed by atoms with Crippen LogP contribution >= 0.6 is 0 Å². The first kappa shape index (κ1) is 41.5. The third kappa shape index (κ3) is 7.29. The zero-order valence-corrected chi connectivity index (χ0v) is 42.8. The van der Waals surface area contributed by atoms with Gasteiger partial charge in [0.15, 0.2) is 0 Å². The van der Waals surface area contributed by atoms with Crippen LogP contribution in [0.5, 0.6) is 0 Å². The Morgan fingerprint density at radius 1 is 0.500 bits per heavy atom. The van der Waals surface area contributed by atoms with Crippen LogP contribution in [0.15, 0.2) is 97.1 Å². The predicted octanol–water partition coefficient (Wildman–Crippen LogP) is 14.3. The standard InChI is InChI=1S/2C18H19Si.2C6H13.2CH3.Hf.H2Si/c2*1-19(2,3)16-12-10-15(11-13-16)18-9-5-7-14-6-4-8-17(14)18;2*1-3-5-6-4-2;;;;/h2*4-13H,1-3H3;2*1,3-6H2,2H3;2*1H3;;1H2. The summed E-state index contributed by atoms with van der Waals surface area (Å²) in [6.07, 6.45) is 21.2. The van der Waals surface area contributed by atoms with Crippen molar-refractivity contribution in [2.24, 2.45) is 0 Å². The Bertz CT molecular complexity index is 2040. The zero-order valence-electron chi connectivity index (χ0n) is 35.8. The molecule has 2 aliphatic carbocycles. The minimum absolute atomic E-state index is 0.451. The molecule has 0 N–H and O–H groups in total. The Kier molecular flexibility index (Phi) is 10.8. The number of benzene rings is 4. The van der Waals surface area contributed by atoms with Crippen molar-refractivity contribution in [3.05, 3.63) is 119 Å². The summed E-state index contributed by atoms with van der Waals surface area (Å²) in [5.74, 6) is 0. The molecule has 0 amide bonds. The van der Waals surface area contributed by atoms with Crippen LogP contribution < -0.4 is 10.4 Å². The summed E-state index contributed by atoms with van der Waals surface area (Å²) in [6, 6.07) is 34.0. The normalized spacial score (nSPS) is 18.8. The Morgan fingerprint density at radius 2 is 0.870 bits per heavy atom. The van der Waals surface area contributed by atoms with Gasteiger partial charge in [0.05, 0.1) is 0 Å². The molecule has 54 heavy (non-hydrogen) atoms. The maximum atomic E-state index is 3.00. The van der Waals surface area contributed by atoms with Crippen LogP contribution in [0.25, 0.3) is 34.4 Å². The molecule has 6 rings (SSSR count). The average molecular weight is 936 g/mol.